The Kier molecular flexibility index (Phi) is 5.89. The first kappa shape index (κ1) is 15.4. The zero-order valence-corrected chi connectivity index (χ0v) is 10.5. The van der Waals surface area contributed by atoms with Crippen LogP contribution in [0.1, 0.15) is 10.4 Å². The molecule has 1 aromatic carbocycles. The Morgan fingerprint density at radius 2 is 2.10 bits per heavy atom. The van der Waals surface area contributed by atoms with E-state index in [2.05, 4.69) is 16.6 Å². The van der Waals surface area contributed by atoms with E-state index in [-0.39, 0.29) is 12.1 Å². The van der Waals surface area contributed by atoms with Crippen molar-refractivity contribution in [2.75, 3.05) is 13.2 Å². The van der Waals surface area contributed by atoms with Crippen molar-refractivity contribution < 1.29 is 23.5 Å². The second kappa shape index (κ2) is 7.67. The van der Waals surface area contributed by atoms with Crippen LogP contribution in [0.15, 0.2) is 36.9 Å². The van der Waals surface area contributed by atoms with Gasteiger partial charge in [0.05, 0.1) is 5.56 Å². The molecule has 1 aromatic rings. The second-order valence-corrected chi connectivity index (χ2v) is 3.63. The number of benzene rings is 1. The highest BCUT2D eigenvalue weighted by atomic mass is 19.1. The van der Waals surface area contributed by atoms with Gasteiger partial charge in [0.2, 0.25) is 0 Å². The summed E-state index contributed by atoms with van der Waals surface area (Å²) in [7, 11) is 0. The van der Waals surface area contributed by atoms with Gasteiger partial charge in [-0.25, -0.2) is 14.0 Å². The van der Waals surface area contributed by atoms with Crippen LogP contribution in [0.2, 0.25) is 0 Å². The van der Waals surface area contributed by atoms with Gasteiger partial charge >= 0.3 is 12.0 Å². The first-order valence-corrected chi connectivity index (χ1v) is 5.64. The lowest BCUT2D eigenvalue weighted by atomic mass is 10.2. The first-order valence-electron chi connectivity index (χ1n) is 5.64. The van der Waals surface area contributed by atoms with Crippen molar-refractivity contribution in [1.29, 1.82) is 0 Å². The van der Waals surface area contributed by atoms with Crippen LogP contribution in [-0.4, -0.2) is 31.1 Å². The number of carbonyl (C=O) groups is 3. The predicted octanol–water partition coefficient (Wildman–Crippen LogP) is 0.994. The molecule has 106 valence electrons. The van der Waals surface area contributed by atoms with Gasteiger partial charge < -0.3 is 10.1 Å². The third-order valence-corrected chi connectivity index (χ3v) is 2.05. The molecule has 0 unspecified atom stereocenters. The first-order chi connectivity index (χ1) is 9.52. The third-order valence-electron chi connectivity index (χ3n) is 2.05. The maximum atomic E-state index is 12.9. The minimum Gasteiger partial charge on any atom is -0.452 e. The number of urea groups is 1. The Morgan fingerprint density at radius 3 is 2.75 bits per heavy atom. The summed E-state index contributed by atoms with van der Waals surface area (Å²) in [5, 5.41) is 4.26. The van der Waals surface area contributed by atoms with Crippen LogP contribution in [0.25, 0.3) is 0 Å². The van der Waals surface area contributed by atoms with E-state index in [9.17, 15) is 18.8 Å². The van der Waals surface area contributed by atoms with Crippen molar-refractivity contribution in [3.8, 4) is 0 Å². The van der Waals surface area contributed by atoms with Crippen LogP contribution in [0.5, 0.6) is 0 Å². The van der Waals surface area contributed by atoms with E-state index in [1.54, 1.807) is 0 Å². The van der Waals surface area contributed by atoms with Crippen molar-refractivity contribution in [3.63, 3.8) is 0 Å². The van der Waals surface area contributed by atoms with Gasteiger partial charge in [0.25, 0.3) is 5.91 Å². The van der Waals surface area contributed by atoms with Gasteiger partial charge in [-0.3, -0.25) is 10.1 Å². The Balaban J connectivity index is 2.39. The number of hydrogen-bond donors (Lipinski definition) is 2. The zero-order chi connectivity index (χ0) is 15.0. The van der Waals surface area contributed by atoms with Crippen LogP contribution in [-0.2, 0) is 9.53 Å². The second-order valence-electron chi connectivity index (χ2n) is 3.63. The molecule has 0 atom stereocenters. The highest BCUT2D eigenvalue weighted by molar-refractivity contribution is 5.97. The zero-order valence-electron chi connectivity index (χ0n) is 10.5. The fraction of sp³-hybridized carbons (Fsp3) is 0.154. The van der Waals surface area contributed by atoms with Crippen molar-refractivity contribution in [2.24, 2.45) is 0 Å². The minimum absolute atomic E-state index is 0.0195. The topological polar surface area (TPSA) is 84.5 Å². The number of ether oxygens (including phenoxy) is 1. The molecule has 0 fully saturated rings. The van der Waals surface area contributed by atoms with Gasteiger partial charge in [0, 0.05) is 6.54 Å². The summed E-state index contributed by atoms with van der Waals surface area (Å²) in [6, 6.07) is 4.12. The van der Waals surface area contributed by atoms with E-state index >= 15 is 0 Å². The quantitative estimate of drug-likeness (QED) is 0.622. The molecule has 0 bridgehead atoms. The Hall–Kier alpha value is -2.70. The summed E-state index contributed by atoms with van der Waals surface area (Å²) >= 11 is 0. The van der Waals surface area contributed by atoms with E-state index in [1.165, 1.54) is 24.3 Å². The van der Waals surface area contributed by atoms with E-state index < -0.39 is 30.3 Å². The number of rotatable bonds is 5. The van der Waals surface area contributed by atoms with Crippen LogP contribution in [0.4, 0.5) is 9.18 Å². The number of nitrogens with one attached hydrogen (secondary N) is 2. The Bertz CT molecular complexity index is 531. The predicted molar refractivity (Wildman–Crippen MR) is 68.4 cm³/mol. The molecule has 7 heteroatoms. The average Bonchev–Trinajstić information content (AvgIpc) is 2.42. The van der Waals surface area contributed by atoms with Gasteiger partial charge in [0.15, 0.2) is 6.61 Å². The molecular formula is C13H13FN2O4. The Labute approximate surface area is 114 Å². The van der Waals surface area contributed by atoms with Crippen molar-refractivity contribution in [1.82, 2.24) is 10.6 Å². The summed E-state index contributed by atoms with van der Waals surface area (Å²) in [6.07, 6.45) is 1.44. The molecule has 0 heterocycles. The molecule has 0 spiro atoms. The summed E-state index contributed by atoms with van der Waals surface area (Å²) in [4.78, 5) is 33.8. The smallest absolute Gasteiger partial charge is 0.338 e. The fourth-order valence-corrected chi connectivity index (χ4v) is 1.20. The van der Waals surface area contributed by atoms with Gasteiger partial charge in [0.1, 0.15) is 5.82 Å². The van der Waals surface area contributed by atoms with E-state index in [4.69, 9.17) is 0 Å². The fourth-order valence-electron chi connectivity index (χ4n) is 1.20. The number of carbonyl (C=O) groups excluding carboxylic acids is 3. The number of esters is 1. The molecule has 3 amide bonds. The molecule has 0 aliphatic rings. The van der Waals surface area contributed by atoms with Crippen LogP contribution in [0, 0.1) is 5.82 Å². The SMILES string of the molecule is C=CCNC(=O)NC(=O)COC(=O)c1cccc(F)c1. The lowest BCUT2D eigenvalue weighted by Crippen LogP contribution is -2.41. The highest BCUT2D eigenvalue weighted by Crippen LogP contribution is 2.04. The number of hydrogen-bond acceptors (Lipinski definition) is 4. The largest absolute Gasteiger partial charge is 0.452 e. The normalized spacial score (nSPS) is 9.45. The van der Waals surface area contributed by atoms with Gasteiger partial charge in [-0.05, 0) is 18.2 Å². The van der Waals surface area contributed by atoms with E-state index in [0.717, 1.165) is 6.07 Å². The summed E-state index contributed by atoms with van der Waals surface area (Å²) in [5.74, 6) is -2.24. The highest BCUT2D eigenvalue weighted by Gasteiger charge is 2.12. The molecule has 0 saturated heterocycles. The summed E-state index contributed by atoms with van der Waals surface area (Å²) in [5.41, 5.74) is -0.0195. The van der Waals surface area contributed by atoms with E-state index in [0.29, 0.717) is 0 Å². The van der Waals surface area contributed by atoms with E-state index in [1.807, 2.05) is 5.32 Å². The van der Waals surface area contributed by atoms with Crippen molar-refractivity contribution in [2.45, 2.75) is 0 Å². The molecule has 20 heavy (non-hydrogen) atoms. The number of amides is 3. The maximum absolute atomic E-state index is 12.9. The summed E-state index contributed by atoms with van der Waals surface area (Å²) < 4.78 is 17.5. The molecule has 0 aliphatic carbocycles. The molecule has 0 saturated carbocycles. The lowest BCUT2D eigenvalue weighted by Gasteiger charge is -2.06. The Morgan fingerprint density at radius 1 is 1.35 bits per heavy atom. The monoisotopic (exact) mass is 280 g/mol. The maximum Gasteiger partial charge on any atom is 0.338 e. The summed E-state index contributed by atoms with van der Waals surface area (Å²) in [6.45, 7) is 2.94. The molecular weight excluding hydrogens is 267 g/mol. The number of halogens is 1. The molecule has 6 nitrogen and oxygen atoms in total. The van der Waals surface area contributed by atoms with Gasteiger partial charge in [-0.2, -0.15) is 0 Å². The standard InChI is InChI=1S/C13H13FN2O4/c1-2-6-15-13(19)16-11(17)8-20-12(18)9-4-3-5-10(14)7-9/h2-5,7H,1,6,8H2,(H2,15,16,17,19). The minimum atomic E-state index is -0.855. The van der Waals surface area contributed by atoms with Crippen LogP contribution >= 0.6 is 0 Å². The van der Waals surface area contributed by atoms with Crippen LogP contribution < -0.4 is 10.6 Å². The van der Waals surface area contributed by atoms with Crippen molar-refractivity contribution >= 4 is 17.9 Å². The van der Waals surface area contributed by atoms with Crippen molar-refractivity contribution in [3.05, 3.63) is 48.3 Å². The van der Waals surface area contributed by atoms with Crippen LogP contribution in [0.3, 0.4) is 0 Å². The average molecular weight is 280 g/mol. The molecule has 0 aromatic heterocycles. The molecule has 0 radical (unpaired) electrons. The lowest BCUT2D eigenvalue weighted by molar-refractivity contribution is -0.123. The number of imide groups is 1. The molecule has 2 N–H and O–H groups in total. The molecule has 0 aliphatic heterocycles. The van der Waals surface area contributed by atoms with Gasteiger partial charge in [-0.1, -0.05) is 12.1 Å². The molecule has 1 rings (SSSR count). The third kappa shape index (κ3) is 5.30. The van der Waals surface area contributed by atoms with Gasteiger partial charge in [-0.15, -0.1) is 6.58 Å².